The summed E-state index contributed by atoms with van der Waals surface area (Å²) in [6, 6.07) is 5.41. The Balaban J connectivity index is 2.54. The summed E-state index contributed by atoms with van der Waals surface area (Å²) in [5, 5.41) is 9.18. The summed E-state index contributed by atoms with van der Waals surface area (Å²) in [6.45, 7) is 0. The van der Waals surface area contributed by atoms with Gasteiger partial charge in [0.2, 0.25) is 0 Å². The first-order valence-electron chi connectivity index (χ1n) is 4.15. The first-order chi connectivity index (χ1) is 6.83. The molecule has 0 atom stereocenters. The Labute approximate surface area is 80.2 Å². The van der Waals surface area contributed by atoms with Crippen LogP contribution in [0.2, 0.25) is 0 Å². The second-order valence-electron chi connectivity index (χ2n) is 2.86. The van der Waals surface area contributed by atoms with E-state index >= 15 is 0 Å². The van der Waals surface area contributed by atoms with Crippen molar-refractivity contribution in [1.82, 2.24) is 9.97 Å². The number of Topliss-reactive ketones (excluding diaryl/α,β-unsaturated/α-hetero) is 1. The van der Waals surface area contributed by atoms with Crippen LogP contribution in [0.25, 0.3) is 11.0 Å². The molecule has 0 aliphatic carbocycles. The minimum absolute atomic E-state index is 0.0954. The predicted molar refractivity (Wildman–Crippen MR) is 50.7 cm³/mol. The second kappa shape index (κ2) is 3.30. The number of nitriles is 1. The van der Waals surface area contributed by atoms with Crippen LogP contribution in [0.15, 0.2) is 24.5 Å². The summed E-state index contributed by atoms with van der Waals surface area (Å²) < 4.78 is 0. The molecule has 0 bridgehead atoms. The molecule has 0 aliphatic rings. The van der Waals surface area contributed by atoms with E-state index in [1.165, 1.54) is 0 Å². The molecule has 0 radical (unpaired) electrons. The highest BCUT2D eigenvalue weighted by Gasteiger charge is 2.11. The number of aromatic amines is 1. The highest BCUT2D eigenvalue weighted by atomic mass is 16.1. The smallest absolute Gasteiger partial charge is 0.179 e. The van der Waals surface area contributed by atoms with Crippen LogP contribution < -0.4 is 0 Å². The van der Waals surface area contributed by atoms with Gasteiger partial charge < -0.3 is 4.98 Å². The zero-order chi connectivity index (χ0) is 9.97. The van der Waals surface area contributed by atoms with E-state index in [1.807, 2.05) is 12.1 Å². The monoisotopic (exact) mass is 185 g/mol. The largest absolute Gasteiger partial charge is 0.345 e. The van der Waals surface area contributed by atoms with Gasteiger partial charge >= 0.3 is 0 Å². The number of hydrogen-bond donors (Lipinski definition) is 1. The molecule has 2 aromatic rings. The molecule has 4 heteroatoms. The Morgan fingerprint density at radius 1 is 1.64 bits per heavy atom. The van der Waals surface area contributed by atoms with Gasteiger partial charge in [0, 0.05) is 23.3 Å². The van der Waals surface area contributed by atoms with Crippen molar-refractivity contribution in [3.63, 3.8) is 0 Å². The summed E-state index contributed by atoms with van der Waals surface area (Å²) in [6.07, 6.45) is 3.15. The third kappa shape index (κ3) is 1.25. The van der Waals surface area contributed by atoms with Crippen LogP contribution in [0.3, 0.4) is 0 Å². The van der Waals surface area contributed by atoms with Crippen molar-refractivity contribution in [2.45, 2.75) is 6.42 Å². The maximum Gasteiger partial charge on any atom is 0.179 e. The van der Waals surface area contributed by atoms with Gasteiger partial charge in [-0.15, -0.1) is 0 Å². The van der Waals surface area contributed by atoms with Gasteiger partial charge in [0.05, 0.1) is 12.5 Å². The fourth-order valence-electron chi connectivity index (χ4n) is 1.35. The molecule has 68 valence electrons. The molecular weight excluding hydrogens is 178 g/mol. The Hall–Kier alpha value is -2.15. The van der Waals surface area contributed by atoms with Gasteiger partial charge in [-0.05, 0) is 12.1 Å². The molecule has 0 aromatic carbocycles. The van der Waals surface area contributed by atoms with Crippen molar-refractivity contribution in [1.29, 1.82) is 5.26 Å². The van der Waals surface area contributed by atoms with E-state index in [0.717, 1.165) is 5.39 Å². The number of fused-ring (bicyclic) bond motifs is 1. The molecule has 2 heterocycles. The molecule has 2 aromatic heterocycles. The fourth-order valence-corrected chi connectivity index (χ4v) is 1.35. The highest BCUT2D eigenvalue weighted by Crippen LogP contribution is 2.16. The highest BCUT2D eigenvalue weighted by molar-refractivity contribution is 6.07. The SMILES string of the molecule is N#CCC(=O)c1c[nH]c2ncccc12. The van der Waals surface area contributed by atoms with Crippen LogP contribution >= 0.6 is 0 Å². The van der Waals surface area contributed by atoms with Crippen molar-refractivity contribution >= 4 is 16.8 Å². The maximum atomic E-state index is 11.4. The van der Waals surface area contributed by atoms with Crippen molar-refractivity contribution in [3.8, 4) is 6.07 Å². The average Bonchev–Trinajstić information content (AvgIpc) is 2.61. The number of nitrogens with zero attached hydrogens (tertiary/aromatic N) is 2. The van der Waals surface area contributed by atoms with Crippen LogP contribution in [0, 0.1) is 11.3 Å². The van der Waals surface area contributed by atoms with Crippen LogP contribution in [-0.4, -0.2) is 15.8 Å². The van der Waals surface area contributed by atoms with Crippen molar-refractivity contribution < 1.29 is 4.79 Å². The third-order valence-electron chi connectivity index (χ3n) is 1.99. The molecule has 0 unspecified atom stereocenters. The topological polar surface area (TPSA) is 69.5 Å². The standard InChI is InChI=1S/C10H7N3O/c11-4-3-9(14)8-6-13-10-7(8)2-1-5-12-10/h1-2,5-6H,3H2,(H,12,13). The number of nitrogens with one attached hydrogen (secondary N) is 1. The van der Waals surface area contributed by atoms with E-state index in [1.54, 1.807) is 18.5 Å². The van der Waals surface area contributed by atoms with Gasteiger partial charge in [-0.1, -0.05) is 0 Å². The molecule has 0 amide bonds. The number of carbonyl (C=O) groups excluding carboxylic acids is 1. The zero-order valence-corrected chi connectivity index (χ0v) is 7.32. The second-order valence-corrected chi connectivity index (χ2v) is 2.86. The fraction of sp³-hybridized carbons (Fsp3) is 0.100. The van der Waals surface area contributed by atoms with E-state index in [-0.39, 0.29) is 12.2 Å². The van der Waals surface area contributed by atoms with E-state index in [2.05, 4.69) is 9.97 Å². The molecule has 2 rings (SSSR count). The Morgan fingerprint density at radius 2 is 2.50 bits per heavy atom. The number of H-pyrrole nitrogens is 1. The minimum atomic E-state index is -0.174. The van der Waals surface area contributed by atoms with Crippen molar-refractivity contribution in [2.75, 3.05) is 0 Å². The Bertz CT molecular complexity index is 521. The molecule has 1 N–H and O–H groups in total. The van der Waals surface area contributed by atoms with E-state index < -0.39 is 0 Å². The lowest BCUT2D eigenvalue weighted by Gasteiger charge is -1.91. The number of rotatable bonds is 2. The van der Waals surface area contributed by atoms with Crippen LogP contribution in [0.5, 0.6) is 0 Å². The first kappa shape index (κ1) is 8.45. The molecule has 0 saturated heterocycles. The lowest BCUT2D eigenvalue weighted by Crippen LogP contribution is -1.95. The molecule has 0 fully saturated rings. The lowest BCUT2D eigenvalue weighted by molar-refractivity contribution is 0.0999. The molecule has 0 saturated carbocycles. The predicted octanol–water partition coefficient (Wildman–Crippen LogP) is 1.66. The lowest BCUT2D eigenvalue weighted by atomic mass is 10.1. The molecule has 0 spiro atoms. The van der Waals surface area contributed by atoms with Crippen molar-refractivity contribution in [2.24, 2.45) is 0 Å². The van der Waals surface area contributed by atoms with Gasteiger partial charge in [0.15, 0.2) is 5.78 Å². The van der Waals surface area contributed by atoms with Crippen LogP contribution in [-0.2, 0) is 0 Å². The van der Waals surface area contributed by atoms with E-state index in [9.17, 15) is 4.79 Å². The maximum absolute atomic E-state index is 11.4. The first-order valence-corrected chi connectivity index (χ1v) is 4.15. The van der Waals surface area contributed by atoms with Gasteiger partial charge in [-0.2, -0.15) is 5.26 Å². The number of aromatic nitrogens is 2. The van der Waals surface area contributed by atoms with E-state index in [4.69, 9.17) is 5.26 Å². The third-order valence-corrected chi connectivity index (χ3v) is 1.99. The average molecular weight is 185 g/mol. The van der Waals surface area contributed by atoms with Crippen molar-refractivity contribution in [3.05, 3.63) is 30.1 Å². The molecular formula is C10H7N3O. The minimum Gasteiger partial charge on any atom is -0.345 e. The van der Waals surface area contributed by atoms with Gasteiger partial charge in [0.1, 0.15) is 5.65 Å². The van der Waals surface area contributed by atoms with Gasteiger partial charge in [0.25, 0.3) is 0 Å². The number of ketones is 1. The number of hydrogen-bond acceptors (Lipinski definition) is 3. The van der Waals surface area contributed by atoms with Gasteiger partial charge in [-0.3, -0.25) is 4.79 Å². The van der Waals surface area contributed by atoms with Crippen LogP contribution in [0.1, 0.15) is 16.8 Å². The Morgan fingerprint density at radius 3 is 3.29 bits per heavy atom. The zero-order valence-electron chi connectivity index (χ0n) is 7.32. The molecule has 4 nitrogen and oxygen atoms in total. The Kier molecular flexibility index (Phi) is 1.99. The number of pyridine rings is 1. The summed E-state index contributed by atoms with van der Waals surface area (Å²) in [5.41, 5.74) is 1.21. The molecule has 0 aliphatic heterocycles. The quantitative estimate of drug-likeness (QED) is 0.723. The summed E-state index contributed by atoms with van der Waals surface area (Å²) >= 11 is 0. The normalized spacial score (nSPS) is 9.93. The summed E-state index contributed by atoms with van der Waals surface area (Å²) in [5.74, 6) is -0.174. The number of carbonyl (C=O) groups is 1. The summed E-state index contributed by atoms with van der Waals surface area (Å²) in [4.78, 5) is 18.4. The molecule has 14 heavy (non-hydrogen) atoms. The summed E-state index contributed by atoms with van der Waals surface area (Å²) in [7, 11) is 0. The van der Waals surface area contributed by atoms with E-state index in [0.29, 0.717) is 11.2 Å². The van der Waals surface area contributed by atoms with Crippen LogP contribution in [0.4, 0.5) is 0 Å². The van der Waals surface area contributed by atoms with Gasteiger partial charge in [-0.25, -0.2) is 4.98 Å².